The highest BCUT2D eigenvalue weighted by atomic mass is 19.4. The lowest BCUT2D eigenvalue weighted by Crippen LogP contribution is -2.24. The molecular weight excluding hydrogens is 447 g/mol. The van der Waals surface area contributed by atoms with E-state index in [-0.39, 0.29) is 17.5 Å². The molecule has 0 saturated carbocycles. The maximum Gasteiger partial charge on any atom is 0.433 e. The number of aryl methyl sites for hydroxylation is 2. The van der Waals surface area contributed by atoms with Gasteiger partial charge in [0.15, 0.2) is 0 Å². The van der Waals surface area contributed by atoms with E-state index in [0.29, 0.717) is 12.2 Å². The summed E-state index contributed by atoms with van der Waals surface area (Å²) in [6.07, 6.45) is 1.38. The van der Waals surface area contributed by atoms with Gasteiger partial charge in [0, 0.05) is 36.9 Å². The minimum Gasteiger partial charge on any atom is -0.345 e. The molecule has 4 rings (SSSR count). The Bertz CT molecular complexity index is 1320. The summed E-state index contributed by atoms with van der Waals surface area (Å²) in [5.41, 5.74) is 2.98. The second kappa shape index (κ2) is 9.30. The largest absolute Gasteiger partial charge is 0.433 e. The van der Waals surface area contributed by atoms with Crippen LogP contribution in [0.25, 0.3) is 11.1 Å². The van der Waals surface area contributed by atoms with Gasteiger partial charge in [-0.15, -0.1) is 0 Å². The average Bonchev–Trinajstić information content (AvgIpc) is 3.21. The van der Waals surface area contributed by atoms with E-state index in [1.807, 2.05) is 24.6 Å². The molecule has 3 aromatic heterocycles. The quantitative estimate of drug-likeness (QED) is 0.440. The average molecular weight is 467 g/mol. The molecule has 0 saturated heterocycles. The lowest BCUT2D eigenvalue weighted by atomic mass is 10.0. The zero-order valence-corrected chi connectivity index (χ0v) is 18.3. The van der Waals surface area contributed by atoms with Gasteiger partial charge in [-0.3, -0.25) is 9.78 Å². The number of rotatable bonds is 6. The third-order valence-corrected chi connectivity index (χ3v) is 4.96. The van der Waals surface area contributed by atoms with Crippen LogP contribution < -0.4 is 10.6 Å². The van der Waals surface area contributed by atoms with Crippen LogP contribution in [0.4, 0.5) is 24.8 Å². The summed E-state index contributed by atoms with van der Waals surface area (Å²) < 4.78 is 40.6. The first kappa shape index (κ1) is 22.9. The number of imidazole rings is 1. The number of hydrogen-bond acceptors (Lipinski definition) is 6. The number of alkyl halides is 3. The predicted molar refractivity (Wildman–Crippen MR) is 119 cm³/mol. The van der Waals surface area contributed by atoms with Crippen molar-refractivity contribution in [2.75, 3.05) is 5.32 Å². The Hall–Kier alpha value is -4.28. The Kier molecular flexibility index (Phi) is 6.26. The van der Waals surface area contributed by atoms with E-state index in [2.05, 4.69) is 30.6 Å². The first-order valence-corrected chi connectivity index (χ1v) is 10.2. The zero-order chi connectivity index (χ0) is 24.3. The number of pyridine rings is 1. The number of carbonyl (C=O) groups excluding carboxylic acids is 1. The van der Waals surface area contributed by atoms with Crippen molar-refractivity contribution in [3.05, 3.63) is 84.0 Å². The Morgan fingerprint density at radius 2 is 1.88 bits per heavy atom. The highest BCUT2D eigenvalue weighted by Gasteiger charge is 2.32. The van der Waals surface area contributed by atoms with Crippen LogP contribution in [0, 0.1) is 6.92 Å². The molecule has 174 valence electrons. The van der Waals surface area contributed by atoms with E-state index in [9.17, 15) is 18.0 Å². The number of nitrogens with zero attached hydrogens (tertiary/aromatic N) is 5. The van der Waals surface area contributed by atoms with E-state index >= 15 is 0 Å². The number of carbonyl (C=O) groups is 1. The van der Waals surface area contributed by atoms with Gasteiger partial charge in [0.25, 0.3) is 5.91 Å². The van der Waals surface area contributed by atoms with Crippen molar-refractivity contribution in [2.24, 2.45) is 7.05 Å². The maximum atomic E-state index is 12.9. The lowest BCUT2D eigenvalue weighted by molar-refractivity contribution is -0.141. The van der Waals surface area contributed by atoms with Crippen LogP contribution in [0.3, 0.4) is 0 Å². The zero-order valence-electron chi connectivity index (χ0n) is 18.3. The summed E-state index contributed by atoms with van der Waals surface area (Å²) in [4.78, 5) is 28.1. The summed E-state index contributed by atoms with van der Waals surface area (Å²) in [5.74, 6) is -0.481. The Morgan fingerprint density at radius 3 is 2.56 bits per heavy atom. The Labute approximate surface area is 192 Å². The molecule has 1 amide bonds. The summed E-state index contributed by atoms with van der Waals surface area (Å²) in [7, 11) is 1.84. The van der Waals surface area contributed by atoms with Gasteiger partial charge in [0.05, 0.1) is 18.6 Å². The fraction of sp³-hybridized carbons (Fsp3) is 0.174. The molecule has 8 nitrogen and oxygen atoms in total. The molecule has 2 N–H and O–H groups in total. The molecule has 0 aliphatic rings. The molecule has 0 bridgehead atoms. The van der Waals surface area contributed by atoms with E-state index in [1.165, 1.54) is 0 Å². The lowest BCUT2D eigenvalue weighted by Gasteiger charge is -2.11. The molecule has 0 unspecified atom stereocenters. The number of halogens is 3. The highest BCUT2D eigenvalue weighted by Crippen LogP contribution is 2.29. The maximum absolute atomic E-state index is 12.9. The van der Waals surface area contributed by atoms with Crippen LogP contribution in [0.15, 0.2) is 61.3 Å². The van der Waals surface area contributed by atoms with Gasteiger partial charge >= 0.3 is 6.18 Å². The van der Waals surface area contributed by atoms with Crippen molar-refractivity contribution >= 4 is 17.5 Å². The highest BCUT2D eigenvalue weighted by molar-refractivity contribution is 5.92. The van der Waals surface area contributed by atoms with E-state index < -0.39 is 11.9 Å². The van der Waals surface area contributed by atoms with Crippen molar-refractivity contribution in [3.63, 3.8) is 0 Å². The minimum atomic E-state index is -4.56. The standard InChI is InChI=1S/C23H20F3N7O/c1-14-7-16(9-17(8-14)31-22-28-6-5-20(32-22)23(24,25)26)15-3-4-19(29-10-15)21(34)30-12-18-11-27-13-33(18)2/h3-11,13H,12H2,1-2H3,(H,30,34)(H,28,31,32). The molecule has 1 aromatic carbocycles. The number of benzene rings is 1. The first-order chi connectivity index (χ1) is 16.2. The molecule has 0 atom stereocenters. The second-order valence-electron chi connectivity index (χ2n) is 7.59. The second-order valence-corrected chi connectivity index (χ2v) is 7.59. The smallest absolute Gasteiger partial charge is 0.345 e. The molecule has 3 heterocycles. The summed E-state index contributed by atoms with van der Waals surface area (Å²) in [6.45, 7) is 2.18. The van der Waals surface area contributed by atoms with Gasteiger partial charge in [-0.2, -0.15) is 13.2 Å². The van der Waals surface area contributed by atoms with Gasteiger partial charge in [-0.05, 0) is 42.3 Å². The van der Waals surface area contributed by atoms with Crippen LogP contribution in [-0.4, -0.2) is 30.4 Å². The summed E-state index contributed by atoms with van der Waals surface area (Å²) >= 11 is 0. The number of anilines is 2. The van der Waals surface area contributed by atoms with E-state index in [0.717, 1.165) is 34.6 Å². The summed E-state index contributed by atoms with van der Waals surface area (Å²) in [5, 5.41) is 5.61. The minimum absolute atomic E-state index is 0.162. The Balaban J connectivity index is 1.49. The molecule has 0 fully saturated rings. The third kappa shape index (κ3) is 5.37. The van der Waals surface area contributed by atoms with E-state index in [4.69, 9.17) is 0 Å². The van der Waals surface area contributed by atoms with Gasteiger partial charge in [-0.1, -0.05) is 12.1 Å². The number of amides is 1. The topological polar surface area (TPSA) is 97.6 Å². The van der Waals surface area contributed by atoms with Gasteiger partial charge in [-0.25, -0.2) is 15.0 Å². The van der Waals surface area contributed by atoms with E-state index in [1.54, 1.807) is 43.0 Å². The van der Waals surface area contributed by atoms with Crippen LogP contribution in [-0.2, 0) is 19.8 Å². The first-order valence-electron chi connectivity index (χ1n) is 10.2. The molecule has 4 aromatic rings. The van der Waals surface area contributed by atoms with Gasteiger partial charge in [0.2, 0.25) is 5.95 Å². The van der Waals surface area contributed by atoms with Crippen LogP contribution >= 0.6 is 0 Å². The van der Waals surface area contributed by atoms with Crippen molar-refractivity contribution in [2.45, 2.75) is 19.6 Å². The SMILES string of the molecule is Cc1cc(Nc2nccc(C(F)(F)F)n2)cc(-c2ccc(C(=O)NCc3cncn3C)nc2)c1. The fourth-order valence-corrected chi connectivity index (χ4v) is 3.24. The molecule has 0 radical (unpaired) electrons. The molecule has 0 aliphatic heterocycles. The van der Waals surface area contributed by atoms with Gasteiger partial charge < -0.3 is 15.2 Å². The normalized spacial score (nSPS) is 11.3. The van der Waals surface area contributed by atoms with Crippen LogP contribution in [0.5, 0.6) is 0 Å². The fourth-order valence-electron chi connectivity index (χ4n) is 3.24. The molecule has 11 heteroatoms. The van der Waals surface area contributed by atoms with Crippen molar-refractivity contribution in [1.82, 2.24) is 29.8 Å². The summed E-state index contributed by atoms with van der Waals surface area (Å²) in [6, 6.07) is 9.59. The molecule has 0 aliphatic carbocycles. The van der Waals surface area contributed by atoms with Crippen LogP contribution in [0.1, 0.15) is 27.4 Å². The monoisotopic (exact) mass is 467 g/mol. The Morgan fingerprint density at radius 1 is 1.06 bits per heavy atom. The van der Waals surface area contributed by atoms with Crippen molar-refractivity contribution in [1.29, 1.82) is 0 Å². The van der Waals surface area contributed by atoms with Crippen molar-refractivity contribution in [3.8, 4) is 11.1 Å². The number of nitrogens with one attached hydrogen (secondary N) is 2. The van der Waals surface area contributed by atoms with Gasteiger partial charge in [0.1, 0.15) is 11.4 Å². The molecule has 34 heavy (non-hydrogen) atoms. The predicted octanol–water partition coefficient (Wildman–Crippen LogP) is 4.27. The van der Waals surface area contributed by atoms with Crippen LogP contribution in [0.2, 0.25) is 0 Å². The number of hydrogen-bond donors (Lipinski definition) is 2. The van der Waals surface area contributed by atoms with Crippen molar-refractivity contribution < 1.29 is 18.0 Å². The number of aromatic nitrogens is 5. The molecule has 0 spiro atoms. The molecular formula is C23H20F3N7O. The third-order valence-electron chi connectivity index (χ3n) is 4.96.